The maximum Gasteiger partial charge on any atom is 0.237 e. The minimum Gasteiger partial charge on any atom is -0.355 e. The van der Waals surface area contributed by atoms with Crippen LogP contribution in [0.1, 0.15) is 45.4 Å². The van der Waals surface area contributed by atoms with E-state index in [1.807, 2.05) is 0 Å². The molecule has 3 atom stereocenters. The first-order chi connectivity index (χ1) is 7.31. The molecule has 2 fully saturated rings. The first-order valence-electron chi connectivity index (χ1n) is 6.35. The number of hydrogen-bond donors (Lipinski definition) is 2. The lowest BCUT2D eigenvalue weighted by atomic mass is 10.1. The Bertz CT molecular complexity index is 230. The Kier molecular flexibility index (Phi) is 3.62. The fourth-order valence-electron chi connectivity index (χ4n) is 2.50. The van der Waals surface area contributed by atoms with Gasteiger partial charge >= 0.3 is 0 Å². The molecule has 2 rings (SSSR count). The third kappa shape index (κ3) is 2.94. The van der Waals surface area contributed by atoms with Crippen molar-refractivity contribution in [2.75, 3.05) is 6.54 Å². The average molecular weight is 210 g/mol. The van der Waals surface area contributed by atoms with Crippen molar-refractivity contribution in [1.29, 1.82) is 0 Å². The van der Waals surface area contributed by atoms with Crippen LogP contribution in [0.25, 0.3) is 0 Å². The molecule has 3 heteroatoms. The van der Waals surface area contributed by atoms with E-state index in [4.69, 9.17) is 0 Å². The lowest BCUT2D eigenvalue weighted by Gasteiger charge is -2.14. The van der Waals surface area contributed by atoms with Gasteiger partial charge in [-0.1, -0.05) is 13.3 Å². The molecule has 0 radical (unpaired) electrons. The molecule has 0 aromatic heterocycles. The number of amides is 1. The highest BCUT2D eigenvalue weighted by atomic mass is 16.2. The van der Waals surface area contributed by atoms with Crippen LogP contribution in [0.5, 0.6) is 0 Å². The van der Waals surface area contributed by atoms with Crippen LogP contribution in [0.2, 0.25) is 0 Å². The fraction of sp³-hybridized carbons (Fsp3) is 0.917. The number of hydrogen-bond acceptors (Lipinski definition) is 2. The summed E-state index contributed by atoms with van der Waals surface area (Å²) in [5.74, 6) is 1.06. The molecule has 1 aliphatic carbocycles. The molecule has 1 aliphatic heterocycles. The van der Waals surface area contributed by atoms with E-state index in [2.05, 4.69) is 17.6 Å². The highest BCUT2D eigenvalue weighted by Crippen LogP contribution is 2.35. The van der Waals surface area contributed by atoms with E-state index in [0.717, 1.165) is 25.3 Å². The summed E-state index contributed by atoms with van der Waals surface area (Å²) in [6, 6.07) is 0.707. The van der Waals surface area contributed by atoms with Crippen molar-refractivity contribution in [3.63, 3.8) is 0 Å². The smallest absolute Gasteiger partial charge is 0.237 e. The van der Waals surface area contributed by atoms with Crippen molar-refractivity contribution in [3.8, 4) is 0 Å². The third-order valence-electron chi connectivity index (χ3n) is 3.53. The molecule has 0 aromatic carbocycles. The zero-order chi connectivity index (χ0) is 10.7. The number of rotatable bonds is 4. The second-order valence-corrected chi connectivity index (χ2v) is 4.90. The standard InChI is InChI=1S/C12H22N2O/c1-2-5-9-8-11(9)14-10-6-3-4-7-13-12(10)15/h9-11,14H,2-8H2,1H3,(H,13,15). The molecule has 0 spiro atoms. The Morgan fingerprint density at radius 2 is 2.33 bits per heavy atom. The zero-order valence-corrected chi connectivity index (χ0v) is 9.59. The van der Waals surface area contributed by atoms with E-state index in [9.17, 15) is 4.79 Å². The van der Waals surface area contributed by atoms with Gasteiger partial charge in [0.05, 0.1) is 6.04 Å². The summed E-state index contributed by atoms with van der Waals surface area (Å²) in [4.78, 5) is 11.7. The first kappa shape index (κ1) is 10.9. The highest BCUT2D eigenvalue weighted by Gasteiger charge is 2.38. The Morgan fingerprint density at radius 1 is 1.47 bits per heavy atom. The van der Waals surface area contributed by atoms with E-state index >= 15 is 0 Å². The van der Waals surface area contributed by atoms with Gasteiger partial charge in [0.25, 0.3) is 0 Å². The normalized spacial score (nSPS) is 35.8. The summed E-state index contributed by atoms with van der Waals surface area (Å²) in [5.41, 5.74) is 0. The second kappa shape index (κ2) is 4.97. The molecule has 1 heterocycles. The van der Waals surface area contributed by atoms with Crippen molar-refractivity contribution in [2.45, 2.75) is 57.5 Å². The Morgan fingerprint density at radius 3 is 3.13 bits per heavy atom. The van der Waals surface area contributed by atoms with Gasteiger partial charge in [0.15, 0.2) is 0 Å². The molecule has 1 amide bonds. The molecule has 1 saturated heterocycles. The molecule has 3 nitrogen and oxygen atoms in total. The lowest BCUT2D eigenvalue weighted by Crippen LogP contribution is -2.44. The highest BCUT2D eigenvalue weighted by molar-refractivity contribution is 5.82. The number of carbonyl (C=O) groups is 1. The minimum atomic E-state index is 0.0827. The van der Waals surface area contributed by atoms with E-state index in [0.29, 0.717) is 6.04 Å². The maximum atomic E-state index is 11.7. The van der Waals surface area contributed by atoms with Crippen molar-refractivity contribution >= 4 is 5.91 Å². The maximum absolute atomic E-state index is 11.7. The van der Waals surface area contributed by atoms with Gasteiger partial charge in [-0.15, -0.1) is 0 Å². The SMILES string of the molecule is CCCC1CC1NC1CCCCNC1=O. The van der Waals surface area contributed by atoms with Gasteiger partial charge < -0.3 is 10.6 Å². The molecular formula is C12H22N2O. The Labute approximate surface area is 92.0 Å². The molecule has 15 heavy (non-hydrogen) atoms. The molecule has 0 aromatic rings. The van der Waals surface area contributed by atoms with Crippen LogP contribution < -0.4 is 10.6 Å². The summed E-state index contributed by atoms with van der Waals surface area (Å²) in [6.07, 6.45) is 7.17. The van der Waals surface area contributed by atoms with E-state index in [1.54, 1.807) is 0 Å². The lowest BCUT2D eigenvalue weighted by molar-refractivity contribution is -0.122. The largest absolute Gasteiger partial charge is 0.355 e. The average Bonchev–Trinajstić information content (AvgIpc) is 2.96. The summed E-state index contributed by atoms with van der Waals surface area (Å²) in [6.45, 7) is 3.09. The van der Waals surface area contributed by atoms with Crippen LogP contribution in [0, 0.1) is 5.92 Å². The second-order valence-electron chi connectivity index (χ2n) is 4.90. The third-order valence-corrected chi connectivity index (χ3v) is 3.53. The molecule has 2 aliphatic rings. The minimum absolute atomic E-state index is 0.0827. The van der Waals surface area contributed by atoms with Gasteiger partial charge in [-0.25, -0.2) is 0 Å². The van der Waals surface area contributed by atoms with Gasteiger partial charge in [-0.3, -0.25) is 4.79 Å². The van der Waals surface area contributed by atoms with Crippen LogP contribution in [-0.2, 0) is 4.79 Å². The van der Waals surface area contributed by atoms with Crippen molar-refractivity contribution in [2.24, 2.45) is 5.92 Å². The van der Waals surface area contributed by atoms with Gasteiger partial charge in [-0.2, -0.15) is 0 Å². The molecule has 3 unspecified atom stereocenters. The van der Waals surface area contributed by atoms with Gasteiger partial charge in [0.1, 0.15) is 0 Å². The predicted octanol–water partition coefficient (Wildman–Crippen LogP) is 1.43. The molecule has 86 valence electrons. The fourth-order valence-corrected chi connectivity index (χ4v) is 2.50. The van der Waals surface area contributed by atoms with Crippen LogP contribution >= 0.6 is 0 Å². The van der Waals surface area contributed by atoms with Crippen molar-refractivity contribution < 1.29 is 4.79 Å². The van der Waals surface area contributed by atoms with E-state index in [1.165, 1.54) is 25.7 Å². The summed E-state index contributed by atoms with van der Waals surface area (Å²) in [5, 5.41) is 6.48. The molecular weight excluding hydrogens is 188 g/mol. The Hall–Kier alpha value is -0.570. The van der Waals surface area contributed by atoms with Crippen LogP contribution in [0.3, 0.4) is 0 Å². The predicted molar refractivity (Wildman–Crippen MR) is 60.6 cm³/mol. The van der Waals surface area contributed by atoms with Crippen molar-refractivity contribution in [1.82, 2.24) is 10.6 Å². The van der Waals surface area contributed by atoms with Crippen LogP contribution in [-0.4, -0.2) is 24.5 Å². The van der Waals surface area contributed by atoms with Crippen molar-refractivity contribution in [3.05, 3.63) is 0 Å². The van der Waals surface area contributed by atoms with Crippen LogP contribution in [0.15, 0.2) is 0 Å². The summed E-state index contributed by atoms with van der Waals surface area (Å²) >= 11 is 0. The summed E-state index contributed by atoms with van der Waals surface area (Å²) in [7, 11) is 0. The molecule has 1 saturated carbocycles. The van der Waals surface area contributed by atoms with Gasteiger partial charge in [-0.05, 0) is 38.0 Å². The Balaban J connectivity index is 1.76. The monoisotopic (exact) mass is 210 g/mol. The first-order valence-corrected chi connectivity index (χ1v) is 6.35. The van der Waals surface area contributed by atoms with E-state index < -0.39 is 0 Å². The number of carbonyl (C=O) groups excluding carboxylic acids is 1. The molecule has 2 N–H and O–H groups in total. The summed E-state index contributed by atoms with van der Waals surface area (Å²) < 4.78 is 0. The van der Waals surface area contributed by atoms with Gasteiger partial charge in [0, 0.05) is 12.6 Å². The van der Waals surface area contributed by atoms with Crippen LogP contribution in [0.4, 0.5) is 0 Å². The number of nitrogens with one attached hydrogen (secondary N) is 2. The zero-order valence-electron chi connectivity index (χ0n) is 9.59. The molecule has 0 bridgehead atoms. The topological polar surface area (TPSA) is 41.1 Å². The quantitative estimate of drug-likeness (QED) is 0.737. The van der Waals surface area contributed by atoms with E-state index in [-0.39, 0.29) is 11.9 Å². The van der Waals surface area contributed by atoms with Gasteiger partial charge in [0.2, 0.25) is 5.91 Å².